The molecular weight excluding hydrogens is 464 g/mol. The van der Waals surface area contributed by atoms with Crippen molar-refractivity contribution in [2.45, 2.75) is 112 Å². The Morgan fingerprint density at radius 2 is 1.64 bits per heavy atom. The summed E-state index contributed by atoms with van der Waals surface area (Å²) in [6.45, 7) is 17.2. The number of aryl methyl sites for hydroxylation is 1. The molecular formula is C28H44O8. The van der Waals surface area contributed by atoms with E-state index >= 15 is 0 Å². The molecule has 0 bridgehead atoms. The first-order valence-electron chi connectivity index (χ1n) is 13.1. The number of esters is 1. The van der Waals surface area contributed by atoms with E-state index in [0.717, 1.165) is 0 Å². The molecule has 8 heteroatoms. The van der Waals surface area contributed by atoms with Crippen LogP contribution < -0.4 is 5.43 Å². The van der Waals surface area contributed by atoms with E-state index in [1.807, 2.05) is 20.8 Å². The van der Waals surface area contributed by atoms with E-state index in [-0.39, 0.29) is 29.0 Å². The smallest absolute Gasteiger partial charge is 0.311 e. The van der Waals surface area contributed by atoms with Crippen molar-refractivity contribution in [2.75, 3.05) is 0 Å². The molecule has 2 rings (SSSR count). The van der Waals surface area contributed by atoms with Gasteiger partial charge >= 0.3 is 5.97 Å². The molecule has 1 aliphatic rings. The number of hydrogen-bond acceptors (Lipinski definition) is 8. The minimum Gasteiger partial charge on any atom is -0.465 e. The molecule has 2 heterocycles. The standard InChI is InChI=1S/C28H44O8/c1-11-21-14(4)26(19(9)28(33,12-2)36-21)35-27(32)18(8)24(31)15(5)23(30)17(7)25-16(6)22(29)13(3)20(10)34-25/h14-15,17-19,21,24,26,31,33H,11-12H2,1-10H3/t14-,15+,17+,18+,19+,21-,24+,26+,28?/m1/s1. The predicted octanol–water partition coefficient (Wildman–Crippen LogP) is 3.96. The van der Waals surface area contributed by atoms with Gasteiger partial charge in [-0.2, -0.15) is 0 Å². The fraction of sp³-hybridized carbons (Fsp3) is 0.750. The Labute approximate surface area is 214 Å². The number of hydrogen-bond donors (Lipinski definition) is 2. The van der Waals surface area contributed by atoms with Gasteiger partial charge in [0.25, 0.3) is 0 Å². The van der Waals surface area contributed by atoms with Gasteiger partial charge < -0.3 is 24.1 Å². The summed E-state index contributed by atoms with van der Waals surface area (Å²) in [6, 6.07) is 0. The van der Waals surface area contributed by atoms with Crippen molar-refractivity contribution in [1.82, 2.24) is 0 Å². The Morgan fingerprint density at radius 1 is 1.06 bits per heavy atom. The summed E-state index contributed by atoms with van der Waals surface area (Å²) in [4.78, 5) is 38.8. The van der Waals surface area contributed by atoms with Crippen molar-refractivity contribution in [3.63, 3.8) is 0 Å². The summed E-state index contributed by atoms with van der Waals surface area (Å²) in [7, 11) is 0. The number of rotatable bonds is 9. The van der Waals surface area contributed by atoms with Crippen LogP contribution in [0.1, 0.15) is 89.9 Å². The third-order valence-corrected chi connectivity index (χ3v) is 8.33. The van der Waals surface area contributed by atoms with Crippen LogP contribution in [0.2, 0.25) is 0 Å². The van der Waals surface area contributed by atoms with E-state index in [1.54, 1.807) is 41.5 Å². The number of Topliss-reactive ketones (excluding diaryl/α,β-unsaturated/α-hetero) is 1. The van der Waals surface area contributed by atoms with Gasteiger partial charge in [-0.25, -0.2) is 0 Å². The van der Waals surface area contributed by atoms with Crippen molar-refractivity contribution in [3.05, 3.63) is 32.9 Å². The highest BCUT2D eigenvalue weighted by Gasteiger charge is 2.51. The van der Waals surface area contributed by atoms with E-state index in [0.29, 0.717) is 29.7 Å². The minimum atomic E-state index is -1.41. The third-order valence-electron chi connectivity index (χ3n) is 8.33. The second-order valence-electron chi connectivity index (χ2n) is 10.6. The molecule has 2 N–H and O–H groups in total. The maximum atomic E-state index is 13.2. The van der Waals surface area contributed by atoms with Crippen molar-refractivity contribution < 1.29 is 33.7 Å². The average Bonchev–Trinajstić information content (AvgIpc) is 2.87. The zero-order valence-corrected chi connectivity index (χ0v) is 23.4. The minimum absolute atomic E-state index is 0.153. The SMILES string of the molecule is CC[C@H]1OC(O)(CC)[C@@H](C)[C@@H](OC(=O)[C@@H](C)[C@@H](O)[C@@H](C)C(=O)[C@H](C)c2oc(C)c(C)c(=O)c2C)[C@@H]1C. The molecule has 0 aliphatic carbocycles. The molecule has 0 spiro atoms. The highest BCUT2D eigenvalue weighted by Crippen LogP contribution is 2.41. The van der Waals surface area contributed by atoms with E-state index in [2.05, 4.69) is 0 Å². The second kappa shape index (κ2) is 11.6. The number of ether oxygens (including phenoxy) is 2. The lowest BCUT2D eigenvalue weighted by Crippen LogP contribution is -2.58. The summed E-state index contributed by atoms with van der Waals surface area (Å²) in [6.07, 6.45) is -1.18. The lowest BCUT2D eigenvalue weighted by atomic mass is 9.78. The average molecular weight is 509 g/mol. The number of aliphatic hydroxyl groups is 2. The fourth-order valence-electron chi connectivity index (χ4n) is 5.26. The van der Waals surface area contributed by atoms with Crippen LogP contribution in [-0.4, -0.2) is 46.1 Å². The quantitative estimate of drug-likeness (QED) is 0.481. The molecule has 1 saturated heterocycles. The van der Waals surface area contributed by atoms with Gasteiger partial charge in [0.1, 0.15) is 23.4 Å². The summed E-state index contributed by atoms with van der Waals surface area (Å²) in [5.41, 5.74) is 0.692. The zero-order chi connectivity index (χ0) is 27.7. The fourth-order valence-corrected chi connectivity index (χ4v) is 5.26. The van der Waals surface area contributed by atoms with Crippen molar-refractivity contribution in [1.29, 1.82) is 0 Å². The topological polar surface area (TPSA) is 123 Å². The van der Waals surface area contributed by atoms with Gasteiger partial charge in [0.05, 0.1) is 24.0 Å². The highest BCUT2D eigenvalue weighted by molar-refractivity contribution is 5.88. The van der Waals surface area contributed by atoms with Crippen LogP contribution in [0.3, 0.4) is 0 Å². The van der Waals surface area contributed by atoms with Crippen LogP contribution in [0.25, 0.3) is 0 Å². The molecule has 8 nitrogen and oxygen atoms in total. The Balaban J connectivity index is 2.19. The molecule has 0 aromatic carbocycles. The molecule has 1 fully saturated rings. The number of carbonyl (C=O) groups excluding carboxylic acids is 2. The molecule has 1 aliphatic heterocycles. The Hall–Kier alpha value is -2.03. The molecule has 0 saturated carbocycles. The van der Waals surface area contributed by atoms with Crippen LogP contribution >= 0.6 is 0 Å². The summed E-state index contributed by atoms with van der Waals surface area (Å²) in [5.74, 6) is -4.95. The molecule has 1 aromatic heterocycles. The third kappa shape index (κ3) is 5.60. The normalized spacial score (nSPS) is 29.8. The maximum absolute atomic E-state index is 13.2. The molecule has 36 heavy (non-hydrogen) atoms. The van der Waals surface area contributed by atoms with Gasteiger partial charge in [-0.3, -0.25) is 14.4 Å². The largest absolute Gasteiger partial charge is 0.465 e. The summed E-state index contributed by atoms with van der Waals surface area (Å²) < 4.78 is 17.6. The van der Waals surface area contributed by atoms with Gasteiger partial charge in [-0.1, -0.05) is 34.6 Å². The number of ketones is 1. The predicted molar refractivity (Wildman–Crippen MR) is 136 cm³/mol. The zero-order valence-electron chi connectivity index (χ0n) is 23.4. The van der Waals surface area contributed by atoms with Crippen LogP contribution in [0.15, 0.2) is 9.21 Å². The van der Waals surface area contributed by atoms with Crippen LogP contribution in [0, 0.1) is 44.4 Å². The van der Waals surface area contributed by atoms with Crippen molar-refractivity contribution in [3.8, 4) is 0 Å². The molecule has 0 amide bonds. The molecule has 1 aromatic rings. The van der Waals surface area contributed by atoms with Gasteiger partial charge in [0.15, 0.2) is 11.2 Å². The van der Waals surface area contributed by atoms with E-state index < -0.39 is 47.6 Å². The van der Waals surface area contributed by atoms with E-state index in [9.17, 15) is 24.6 Å². The van der Waals surface area contributed by atoms with E-state index in [4.69, 9.17) is 13.9 Å². The van der Waals surface area contributed by atoms with E-state index in [1.165, 1.54) is 6.92 Å². The first kappa shape index (κ1) is 30.2. The van der Waals surface area contributed by atoms with Gasteiger partial charge in [-0.15, -0.1) is 0 Å². The van der Waals surface area contributed by atoms with Gasteiger partial charge in [0, 0.05) is 28.9 Å². The Bertz CT molecular complexity index is 1010. The molecule has 9 atom stereocenters. The van der Waals surface area contributed by atoms with Gasteiger partial charge in [0.2, 0.25) is 0 Å². The second-order valence-corrected chi connectivity index (χ2v) is 10.6. The van der Waals surface area contributed by atoms with Crippen molar-refractivity contribution >= 4 is 11.8 Å². The van der Waals surface area contributed by atoms with Gasteiger partial charge in [-0.05, 0) is 47.5 Å². The lowest BCUT2D eigenvalue weighted by Gasteiger charge is -2.49. The van der Waals surface area contributed by atoms with Crippen LogP contribution in [0.5, 0.6) is 0 Å². The first-order valence-corrected chi connectivity index (χ1v) is 13.1. The molecule has 1 unspecified atom stereocenters. The highest BCUT2D eigenvalue weighted by atomic mass is 16.6. The van der Waals surface area contributed by atoms with Crippen molar-refractivity contribution in [2.24, 2.45) is 23.7 Å². The maximum Gasteiger partial charge on any atom is 0.311 e. The summed E-state index contributed by atoms with van der Waals surface area (Å²) >= 11 is 0. The number of aliphatic hydroxyl groups excluding tert-OH is 1. The monoisotopic (exact) mass is 508 g/mol. The molecule has 0 radical (unpaired) electrons. The lowest BCUT2D eigenvalue weighted by molar-refractivity contribution is -0.320. The Morgan fingerprint density at radius 3 is 2.17 bits per heavy atom. The van der Waals surface area contributed by atoms with Crippen LogP contribution in [-0.2, 0) is 19.1 Å². The molecule has 204 valence electrons. The number of carbonyl (C=O) groups is 2. The summed E-state index contributed by atoms with van der Waals surface area (Å²) in [5, 5.41) is 21.9. The Kier molecular flexibility index (Phi) is 9.70. The van der Waals surface area contributed by atoms with Crippen LogP contribution in [0.4, 0.5) is 0 Å². The first-order chi connectivity index (χ1) is 16.6.